The molecule has 28 heavy (non-hydrogen) atoms. The second-order valence-corrected chi connectivity index (χ2v) is 7.48. The maximum Gasteiger partial charge on any atom is 0.243 e. The van der Waals surface area contributed by atoms with Crippen LogP contribution < -0.4 is 11.1 Å². The topological polar surface area (TPSA) is 105 Å². The standard InChI is InChI=1S/C20H26N4O4/c1-4-9-28-11-16(23(2)3)18(26)24-12-20(10-15(24)17(21)25)13-7-5-6-8-14(13)22-19(20)27/h4-8,15-16H,1,9-12H2,2-3H3,(H2,21,25)(H,22,27)/t15-,16-,20-/m0/s1. The minimum Gasteiger partial charge on any atom is -0.375 e. The van der Waals surface area contributed by atoms with E-state index in [-0.39, 0.29) is 31.4 Å². The third kappa shape index (κ3) is 3.29. The molecule has 2 heterocycles. The zero-order valence-corrected chi connectivity index (χ0v) is 16.2. The Balaban J connectivity index is 1.92. The molecule has 1 saturated heterocycles. The molecule has 150 valence electrons. The van der Waals surface area contributed by atoms with Gasteiger partial charge in [0.25, 0.3) is 0 Å². The van der Waals surface area contributed by atoms with E-state index in [0.717, 1.165) is 5.56 Å². The van der Waals surface area contributed by atoms with Crippen molar-refractivity contribution in [1.82, 2.24) is 9.80 Å². The van der Waals surface area contributed by atoms with Gasteiger partial charge in [-0.25, -0.2) is 0 Å². The molecule has 0 saturated carbocycles. The van der Waals surface area contributed by atoms with Crippen molar-refractivity contribution in [2.45, 2.75) is 23.9 Å². The number of rotatable bonds is 7. The number of benzene rings is 1. The van der Waals surface area contributed by atoms with E-state index in [1.165, 1.54) is 4.90 Å². The Kier molecular flexibility index (Phi) is 5.53. The summed E-state index contributed by atoms with van der Waals surface area (Å²) < 4.78 is 5.47. The van der Waals surface area contributed by atoms with Crippen LogP contribution in [0.25, 0.3) is 0 Å². The first kappa shape index (κ1) is 20.0. The van der Waals surface area contributed by atoms with Gasteiger partial charge in [-0.2, -0.15) is 0 Å². The molecule has 0 bridgehead atoms. The quantitative estimate of drug-likeness (QED) is 0.511. The molecule has 3 N–H and O–H groups in total. The first-order valence-corrected chi connectivity index (χ1v) is 9.17. The molecule has 0 aliphatic carbocycles. The van der Waals surface area contributed by atoms with Crippen LogP contribution in [-0.4, -0.2) is 73.5 Å². The Hall–Kier alpha value is -2.71. The molecule has 0 unspecified atom stereocenters. The number of anilines is 1. The summed E-state index contributed by atoms with van der Waals surface area (Å²) >= 11 is 0. The maximum atomic E-state index is 13.3. The Morgan fingerprint density at radius 2 is 2.18 bits per heavy atom. The number of likely N-dealkylation sites (N-methyl/N-ethyl adjacent to an activating group) is 1. The highest BCUT2D eigenvalue weighted by Crippen LogP contribution is 2.46. The predicted molar refractivity (Wildman–Crippen MR) is 105 cm³/mol. The summed E-state index contributed by atoms with van der Waals surface area (Å²) in [6, 6.07) is 5.90. The van der Waals surface area contributed by atoms with Gasteiger partial charge in [0.2, 0.25) is 17.7 Å². The molecule has 3 amide bonds. The van der Waals surface area contributed by atoms with Crippen LogP contribution in [0.2, 0.25) is 0 Å². The van der Waals surface area contributed by atoms with E-state index in [4.69, 9.17) is 10.5 Å². The number of hydrogen-bond donors (Lipinski definition) is 2. The first-order valence-electron chi connectivity index (χ1n) is 9.17. The number of primary amides is 1. The molecule has 1 aromatic carbocycles. The van der Waals surface area contributed by atoms with E-state index in [1.807, 2.05) is 24.3 Å². The van der Waals surface area contributed by atoms with E-state index in [2.05, 4.69) is 11.9 Å². The first-order chi connectivity index (χ1) is 13.3. The molecule has 1 aromatic rings. The number of nitrogens with one attached hydrogen (secondary N) is 1. The van der Waals surface area contributed by atoms with Crippen LogP contribution >= 0.6 is 0 Å². The lowest BCUT2D eigenvalue weighted by atomic mass is 9.79. The largest absolute Gasteiger partial charge is 0.375 e. The summed E-state index contributed by atoms with van der Waals surface area (Å²) in [5.74, 6) is -1.11. The lowest BCUT2D eigenvalue weighted by Crippen LogP contribution is -2.53. The molecule has 8 heteroatoms. The number of para-hydroxylation sites is 1. The number of ether oxygens (including phenoxy) is 1. The van der Waals surface area contributed by atoms with Gasteiger partial charge in [0, 0.05) is 12.2 Å². The van der Waals surface area contributed by atoms with E-state index in [9.17, 15) is 14.4 Å². The fourth-order valence-electron chi connectivity index (χ4n) is 4.02. The smallest absolute Gasteiger partial charge is 0.243 e. The minimum atomic E-state index is -0.967. The molecule has 1 spiro atoms. The number of amides is 3. The average molecular weight is 386 g/mol. The van der Waals surface area contributed by atoms with Crippen LogP contribution in [0.15, 0.2) is 36.9 Å². The number of carbonyl (C=O) groups is 3. The van der Waals surface area contributed by atoms with Gasteiger partial charge in [0.05, 0.1) is 18.6 Å². The van der Waals surface area contributed by atoms with Crippen LogP contribution in [0.1, 0.15) is 12.0 Å². The molecule has 2 aliphatic heterocycles. The van der Waals surface area contributed by atoms with Crippen LogP contribution in [-0.2, 0) is 24.5 Å². The molecule has 0 aromatic heterocycles. The summed E-state index contributed by atoms with van der Waals surface area (Å²) in [4.78, 5) is 41.5. The molecule has 1 fully saturated rings. The highest BCUT2D eigenvalue weighted by molar-refractivity contribution is 6.08. The van der Waals surface area contributed by atoms with Crippen LogP contribution in [0, 0.1) is 0 Å². The molecule has 8 nitrogen and oxygen atoms in total. The minimum absolute atomic E-state index is 0.105. The summed E-state index contributed by atoms with van der Waals surface area (Å²) in [6.07, 6.45) is 1.78. The second-order valence-electron chi connectivity index (χ2n) is 7.48. The lowest BCUT2D eigenvalue weighted by Gasteiger charge is -2.31. The molecule has 3 atom stereocenters. The van der Waals surface area contributed by atoms with E-state index >= 15 is 0 Å². The molecule has 3 rings (SSSR count). The van der Waals surface area contributed by atoms with Crippen molar-refractivity contribution in [1.29, 1.82) is 0 Å². The van der Waals surface area contributed by atoms with E-state index < -0.39 is 23.4 Å². The maximum absolute atomic E-state index is 13.3. The van der Waals surface area contributed by atoms with Crippen molar-refractivity contribution >= 4 is 23.4 Å². The Labute approximate surface area is 164 Å². The Bertz CT molecular complexity index is 809. The predicted octanol–water partition coefficient (Wildman–Crippen LogP) is 0.0955. The highest BCUT2D eigenvalue weighted by Gasteiger charge is 2.57. The van der Waals surface area contributed by atoms with E-state index in [1.54, 1.807) is 25.1 Å². The van der Waals surface area contributed by atoms with Crippen LogP contribution in [0.5, 0.6) is 0 Å². The van der Waals surface area contributed by atoms with Gasteiger partial charge >= 0.3 is 0 Å². The Morgan fingerprint density at radius 3 is 2.82 bits per heavy atom. The van der Waals surface area contributed by atoms with Crippen molar-refractivity contribution < 1.29 is 19.1 Å². The van der Waals surface area contributed by atoms with Crippen LogP contribution in [0.3, 0.4) is 0 Å². The van der Waals surface area contributed by atoms with Gasteiger partial charge in [-0.3, -0.25) is 19.3 Å². The number of hydrogen-bond acceptors (Lipinski definition) is 5. The molecule has 2 aliphatic rings. The summed E-state index contributed by atoms with van der Waals surface area (Å²) in [5, 5.41) is 2.87. The highest BCUT2D eigenvalue weighted by atomic mass is 16.5. The lowest BCUT2D eigenvalue weighted by molar-refractivity contribution is -0.143. The van der Waals surface area contributed by atoms with Gasteiger partial charge in [-0.05, 0) is 32.1 Å². The van der Waals surface area contributed by atoms with Gasteiger partial charge in [0.1, 0.15) is 12.1 Å². The second kappa shape index (κ2) is 7.73. The number of carbonyl (C=O) groups excluding carboxylic acids is 3. The number of nitrogens with two attached hydrogens (primary N) is 1. The third-order valence-electron chi connectivity index (χ3n) is 5.52. The van der Waals surface area contributed by atoms with Crippen molar-refractivity contribution in [3.63, 3.8) is 0 Å². The number of nitrogens with zero attached hydrogens (tertiary/aromatic N) is 2. The SMILES string of the molecule is C=CCOC[C@@H](C(=O)N1C[C@]2(C[C@H]1C(N)=O)C(=O)Nc1ccccc12)N(C)C. The van der Waals surface area contributed by atoms with Crippen molar-refractivity contribution in [3.05, 3.63) is 42.5 Å². The van der Waals surface area contributed by atoms with Crippen molar-refractivity contribution in [3.8, 4) is 0 Å². The Morgan fingerprint density at radius 1 is 1.46 bits per heavy atom. The van der Waals surface area contributed by atoms with Crippen molar-refractivity contribution in [2.75, 3.05) is 39.2 Å². The van der Waals surface area contributed by atoms with Gasteiger partial charge in [-0.15, -0.1) is 6.58 Å². The molecular weight excluding hydrogens is 360 g/mol. The summed E-state index contributed by atoms with van der Waals surface area (Å²) in [6.45, 7) is 4.17. The monoisotopic (exact) mass is 386 g/mol. The third-order valence-corrected chi connectivity index (χ3v) is 5.52. The van der Waals surface area contributed by atoms with Gasteiger partial charge < -0.3 is 20.7 Å². The fraction of sp³-hybridized carbons (Fsp3) is 0.450. The van der Waals surface area contributed by atoms with Crippen molar-refractivity contribution in [2.24, 2.45) is 5.73 Å². The van der Waals surface area contributed by atoms with Crippen LogP contribution in [0.4, 0.5) is 5.69 Å². The van der Waals surface area contributed by atoms with Gasteiger partial charge in [-0.1, -0.05) is 24.3 Å². The van der Waals surface area contributed by atoms with Gasteiger partial charge in [0.15, 0.2) is 0 Å². The summed E-state index contributed by atoms with van der Waals surface area (Å²) in [7, 11) is 3.53. The zero-order valence-electron chi connectivity index (χ0n) is 16.2. The average Bonchev–Trinajstić information content (AvgIpc) is 3.18. The zero-order chi connectivity index (χ0) is 20.5. The normalized spacial score (nSPS) is 24.3. The number of fused-ring (bicyclic) bond motifs is 2. The summed E-state index contributed by atoms with van der Waals surface area (Å²) in [5.41, 5.74) is 6.16. The van der Waals surface area contributed by atoms with E-state index in [0.29, 0.717) is 12.3 Å². The molecule has 0 radical (unpaired) electrons. The molecular formula is C20H26N4O4. The number of likely N-dealkylation sites (tertiary alicyclic amines) is 1. The fourth-order valence-corrected chi connectivity index (χ4v) is 4.02.